The van der Waals surface area contributed by atoms with Gasteiger partial charge in [-0.3, -0.25) is 0 Å². The van der Waals surface area contributed by atoms with Gasteiger partial charge in [-0.25, -0.2) is 0 Å². The Bertz CT molecular complexity index is 475. The molecule has 0 aliphatic carbocycles. The van der Waals surface area contributed by atoms with Crippen LogP contribution in [0.1, 0.15) is 12.8 Å². The first-order valence-electron chi connectivity index (χ1n) is 6.94. The second-order valence-corrected chi connectivity index (χ2v) is 5.36. The largest absolute Gasteiger partial charge is 0.479 e. The Morgan fingerprint density at radius 1 is 1.37 bits per heavy atom. The van der Waals surface area contributed by atoms with Crippen molar-refractivity contribution in [1.82, 2.24) is 4.90 Å². The molecule has 1 aromatic carbocycles. The van der Waals surface area contributed by atoms with Crippen molar-refractivity contribution < 1.29 is 4.74 Å². The highest BCUT2D eigenvalue weighted by molar-refractivity contribution is 5.49. The van der Waals surface area contributed by atoms with E-state index >= 15 is 0 Å². The molecule has 1 atom stereocenters. The molecular weight excluding hydrogens is 238 g/mol. The van der Waals surface area contributed by atoms with Gasteiger partial charge in [-0.15, -0.1) is 0 Å². The lowest BCUT2D eigenvalue weighted by Gasteiger charge is -2.45. The lowest BCUT2D eigenvalue weighted by Crippen LogP contribution is -2.53. The number of rotatable bonds is 4. The molecule has 0 saturated carbocycles. The second kappa shape index (κ2) is 5.50. The Morgan fingerprint density at radius 3 is 2.89 bits per heavy atom. The van der Waals surface area contributed by atoms with Crippen LogP contribution in [0.3, 0.4) is 0 Å². The summed E-state index contributed by atoms with van der Waals surface area (Å²) in [5.74, 6) is 1.56. The molecule has 3 heterocycles. The first kappa shape index (κ1) is 12.3. The summed E-state index contributed by atoms with van der Waals surface area (Å²) in [6, 6.07) is 10.4. The van der Waals surface area contributed by atoms with E-state index in [1.807, 2.05) is 24.3 Å². The van der Waals surface area contributed by atoms with Gasteiger partial charge in [-0.2, -0.15) is 5.26 Å². The molecular formula is C15H19N3O. The van der Waals surface area contributed by atoms with Crippen LogP contribution < -0.4 is 10.1 Å². The molecule has 4 rings (SSSR count). The molecule has 4 heteroatoms. The third kappa shape index (κ3) is 2.82. The molecule has 2 bridgehead atoms. The van der Waals surface area contributed by atoms with Crippen molar-refractivity contribution in [2.75, 3.05) is 31.6 Å². The van der Waals surface area contributed by atoms with E-state index in [4.69, 9.17) is 10.00 Å². The molecule has 19 heavy (non-hydrogen) atoms. The standard InChI is InChI=1S/C15H19N3O/c16-6-9-19-14-3-1-2-13(10-14)17-15-11-18-7-4-12(15)5-8-18/h1-3,10,12,15,17H,4-5,7-9,11H2. The van der Waals surface area contributed by atoms with E-state index in [1.54, 1.807) is 0 Å². The van der Waals surface area contributed by atoms with E-state index in [-0.39, 0.29) is 6.61 Å². The second-order valence-electron chi connectivity index (χ2n) is 5.36. The van der Waals surface area contributed by atoms with E-state index in [2.05, 4.69) is 16.3 Å². The Balaban J connectivity index is 1.65. The van der Waals surface area contributed by atoms with E-state index in [1.165, 1.54) is 25.9 Å². The van der Waals surface area contributed by atoms with Gasteiger partial charge in [-0.1, -0.05) is 6.07 Å². The van der Waals surface area contributed by atoms with Crippen molar-refractivity contribution in [3.8, 4) is 11.8 Å². The van der Waals surface area contributed by atoms with Crippen LogP contribution in [-0.2, 0) is 0 Å². The number of hydrogen-bond acceptors (Lipinski definition) is 4. The fourth-order valence-electron chi connectivity index (χ4n) is 3.13. The molecule has 0 radical (unpaired) electrons. The van der Waals surface area contributed by atoms with Crippen LogP contribution in [0.4, 0.5) is 5.69 Å². The van der Waals surface area contributed by atoms with Gasteiger partial charge in [0.1, 0.15) is 11.8 Å². The van der Waals surface area contributed by atoms with E-state index < -0.39 is 0 Å². The molecule has 0 aromatic heterocycles. The summed E-state index contributed by atoms with van der Waals surface area (Å²) in [7, 11) is 0. The number of nitrogens with one attached hydrogen (secondary N) is 1. The maximum absolute atomic E-state index is 8.53. The minimum atomic E-state index is 0.100. The highest BCUT2D eigenvalue weighted by atomic mass is 16.5. The van der Waals surface area contributed by atoms with Gasteiger partial charge >= 0.3 is 0 Å². The van der Waals surface area contributed by atoms with Crippen molar-refractivity contribution in [2.45, 2.75) is 18.9 Å². The van der Waals surface area contributed by atoms with Gasteiger partial charge in [0.05, 0.1) is 0 Å². The lowest BCUT2D eigenvalue weighted by molar-refractivity contribution is 0.0975. The first-order chi connectivity index (χ1) is 9.35. The van der Waals surface area contributed by atoms with Crippen LogP contribution in [-0.4, -0.2) is 37.2 Å². The summed E-state index contributed by atoms with van der Waals surface area (Å²) >= 11 is 0. The maximum atomic E-state index is 8.53. The number of ether oxygens (including phenoxy) is 1. The smallest absolute Gasteiger partial charge is 0.174 e. The van der Waals surface area contributed by atoms with Crippen LogP contribution in [0.5, 0.6) is 5.75 Å². The van der Waals surface area contributed by atoms with Crippen molar-refractivity contribution in [3.05, 3.63) is 24.3 Å². The average Bonchev–Trinajstić information content (AvgIpc) is 2.47. The molecule has 0 amide bonds. The molecule has 3 aliphatic heterocycles. The number of benzene rings is 1. The zero-order valence-corrected chi connectivity index (χ0v) is 11.0. The van der Waals surface area contributed by atoms with Gasteiger partial charge in [0.15, 0.2) is 6.61 Å². The summed E-state index contributed by atoms with van der Waals surface area (Å²) in [6.07, 6.45) is 2.62. The normalized spacial score (nSPS) is 28.7. The van der Waals surface area contributed by atoms with Crippen LogP contribution in [0.2, 0.25) is 0 Å². The molecule has 1 N–H and O–H groups in total. The highest BCUT2D eigenvalue weighted by Crippen LogP contribution is 2.30. The number of fused-ring (bicyclic) bond motifs is 3. The van der Waals surface area contributed by atoms with Crippen LogP contribution >= 0.6 is 0 Å². The van der Waals surface area contributed by atoms with E-state index in [0.717, 1.165) is 23.9 Å². The Kier molecular flexibility index (Phi) is 3.56. The van der Waals surface area contributed by atoms with Gasteiger partial charge < -0.3 is 15.0 Å². The Morgan fingerprint density at radius 2 is 2.21 bits per heavy atom. The van der Waals surface area contributed by atoms with Crippen molar-refractivity contribution in [3.63, 3.8) is 0 Å². The number of nitriles is 1. The Labute approximate surface area is 114 Å². The van der Waals surface area contributed by atoms with Crippen molar-refractivity contribution >= 4 is 5.69 Å². The summed E-state index contributed by atoms with van der Waals surface area (Å²) in [5.41, 5.74) is 1.09. The lowest BCUT2D eigenvalue weighted by atomic mass is 9.84. The number of nitrogens with zero attached hydrogens (tertiary/aromatic N) is 2. The summed E-state index contributed by atoms with van der Waals surface area (Å²) in [4.78, 5) is 2.54. The third-order valence-electron chi connectivity index (χ3n) is 4.15. The SMILES string of the molecule is N#CCOc1cccc(NC2CN3CCC2CC3)c1. The molecule has 3 fully saturated rings. The van der Waals surface area contributed by atoms with E-state index in [9.17, 15) is 0 Å². The molecule has 4 nitrogen and oxygen atoms in total. The molecule has 1 unspecified atom stereocenters. The van der Waals surface area contributed by atoms with Gasteiger partial charge in [0.2, 0.25) is 0 Å². The third-order valence-corrected chi connectivity index (χ3v) is 4.15. The average molecular weight is 257 g/mol. The topological polar surface area (TPSA) is 48.3 Å². The first-order valence-corrected chi connectivity index (χ1v) is 6.94. The molecule has 0 spiro atoms. The summed E-state index contributed by atoms with van der Waals surface area (Å²) in [5, 5.41) is 12.2. The zero-order chi connectivity index (χ0) is 13.1. The zero-order valence-electron chi connectivity index (χ0n) is 11.0. The molecule has 100 valence electrons. The van der Waals surface area contributed by atoms with Gasteiger partial charge in [-0.05, 0) is 44.0 Å². The highest BCUT2D eigenvalue weighted by Gasteiger charge is 2.33. The van der Waals surface area contributed by atoms with Crippen LogP contribution in [0.15, 0.2) is 24.3 Å². The van der Waals surface area contributed by atoms with Crippen molar-refractivity contribution in [1.29, 1.82) is 5.26 Å². The predicted octanol–water partition coefficient (Wildman–Crippen LogP) is 2.10. The van der Waals surface area contributed by atoms with Crippen LogP contribution in [0, 0.1) is 17.2 Å². The quantitative estimate of drug-likeness (QED) is 0.897. The minimum Gasteiger partial charge on any atom is -0.479 e. The number of piperidine rings is 3. The molecule has 3 saturated heterocycles. The predicted molar refractivity (Wildman–Crippen MR) is 74.1 cm³/mol. The minimum absolute atomic E-state index is 0.100. The number of anilines is 1. The fraction of sp³-hybridized carbons (Fsp3) is 0.533. The van der Waals surface area contributed by atoms with E-state index in [0.29, 0.717) is 6.04 Å². The van der Waals surface area contributed by atoms with Crippen LogP contribution in [0.25, 0.3) is 0 Å². The van der Waals surface area contributed by atoms with Gasteiger partial charge in [0.25, 0.3) is 0 Å². The maximum Gasteiger partial charge on any atom is 0.174 e. The summed E-state index contributed by atoms with van der Waals surface area (Å²) < 4.78 is 5.34. The molecule has 1 aromatic rings. The fourth-order valence-corrected chi connectivity index (χ4v) is 3.13. The monoisotopic (exact) mass is 257 g/mol. The van der Waals surface area contributed by atoms with Gasteiger partial charge in [0, 0.05) is 24.3 Å². The van der Waals surface area contributed by atoms with Crippen molar-refractivity contribution in [2.24, 2.45) is 5.92 Å². The summed E-state index contributed by atoms with van der Waals surface area (Å²) in [6.45, 7) is 3.76. The molecule has 3 aliphatic rings. The number of hydrogen-bond donors (Lipinski definition) is 1. The Hall–Kier alpha value is -1.73.